The third kappa shape index (κ3) is 9.07. The molecule has 0 atom stereocenters. The lowest BCUT2D eigenvalue weighted by Crippen LogP contribution is -2.28. The van der Waals surface area contributed by atoms with Crippen LogP contribution < -0.4 is 9.62 Å². The molecule has 35 heavy (non-hydrogen) atoms. The maximum atomic E-state index is 12.6. The number of aliphatic carboxylic acids is 1. The number of carboxylic acids is 2. The summed E-state index contributed by atoms with van der Waals surface area (Å²) in [6, 6.07) is 5.16. The number of aromatic nitrogens is 1. The van der Waals surface area contributed by atoms with Gasteiger partial charge in [-0.15, -0.1) is 0 Å². The predicted molar refractivity (Wildman–Crippen MR) is 125 cm³/mol. The monoisotopic (exact) mass is 559 g/mol. The van der Waals surface area contributed by atoms with Crippen LogP contribution in [0.25, 0.3) is 0 Å². The third-order valence-electron chi connectivity index (χ3n) is 4.08. The lowest BCUT2D eigenvalue weighted by atomic mass is 10.2. The van der Waals surface area contributed by atoms with Crippen molar-refractivity contribution in [1.82, 2.24) is 4.98 Å². The number of halogens is 5. The standard InChI is InChI=1S/C18H21Cl2N3O4S.C2HF3O2/c1-3-7-23(8-4-2)17-14(18(24)25)9-12(11-21-17)22-28(26,27)13-5-6-15(19)16(20)10-13;3-2(4,5)1(6)7/h5-6,9-11,22H,3-4,7-8H2,1-2H3,(H,24,25);(H,6,7). The van der Waals surface area contributed by atoms with Gasteiger partial charge < -0.3 is 15.1 Å². The predicted octanol–water partition coefficient (Wildman–Crippen LogP) is 5.15. The van der Waals surface area contributed by atoms with Crippen molar-refractivity contribution in [2.45, 2.75) is 37.8 Å². The van der Waals surface area contributed by atoms with E-state index < -0.39 is 28.1 Å². The summed E-state index contributed by atoms with van der Waals surface area (Å²) < 4.78 is 59.2. The van der Waals surface area contributed by atoms with Crippen molar-refractivity contribution in [1.29, 1.82) is 0 Å². The molecule has 1 aromatic carbocycles. The van der Waals surface area contributed by atoms with Crippen LogP contribution >= 0.6 is 23.2 Å². The number of rotatable bonds is 9. The molecular formula is C20H22Cl2F3N3O6S. The molecule has 0 amide bonds. The molecule has 0 bridgehead atoms. The Kier molecular flexibility index (Phi) is 11.1. The molecule has 9 nitrogen and oxygen atoms in total. The van der Waals surface area contributed by atoms with Gasteiger partial charge in [-0.3, -0.25) is 4.72 Å². The lowest BCUT2D eigenvalue weighted by molar-refractivity contribution is -0.192. The second-order valence-electron chi connectivity index (χ2n) is 6.87. The fourth-order valence-corrected chi connectivity index (χ4v) is 4.07. The van der Waals surface area contributed by atoms with Gasteiger partial charge in [-0.05, 0) is 37.1 Å². The van der Waals surface area contributed by atoms with Gasteiger partial charge in [0.2, 0.25) is 0 Å². The van der Waals surface area contributed by atoms with E-state index in [1.165, 1.54) is 30.5 Å². The van der Waals surface area contributed by atoms with Crippen LogP contribution in [0.1, 0.15) is 37.0 Å². The normalized spacial score (nSPS) is 11.3. The molecule has 1 heterocycles. The molecule has 0 aliphatic heterocycles. The summed E-state index contributed by atoms with van der Waals surface area (Å²) in [6.45, 7) is 5.27. The minimum Gasteiger partial charge on any atom is -0.478 e. The SMILES string of the molecule is CCCN(CCC)c1ncc(NS(=O)(=O)c2ccc(Cl)c(Cl)c2)cc1C(=O)O.O=C(O)C(F)(F)F. The number of hydrogen-bond acceptors (Lipinski definition) is 6. The molecule has 0 saturated carbocycles. The molecule has 0 aliphatic rings. The summed E-state index contributed by atoms with van der Waals surface area (Å²) in [4.78, 5) is 26.6. The second-order valence-corrected chi connectivity index (χ2v) is 9.37. The van der Waals surface area contributed by atoms with Crippen LogP contribution in [0.15, 0.2) is 35.4 Å². The maximum Gasteiger partial charge on any atom is 0.490 e. The quantitative estimate of drug-likeness (QED) is 0.383. The zero-order chi connectivity index (χ0) is 27.0. The summed E-state index contributed by atoms with van der Waals surface area (Å²) in [5, 5.41) is 17.0. The molecule has 194 valence electrons. The van der Waals surface area contributed by atoms with E-state index in [1.54, 1.807) is 0 Å². The summed E-state index contributed by atoms with van der Waals surface area (Å²) in [5.41, 5.74) is -0.0311. The summed E-state index contributed by atoms with van der Waals surface area (Å²) >= 11 is 11.7. The van der Waals surface area contributed by atoms with Gasteiger partial charge in [-0.2, -0.15) is 13.2 Å². The highest BCUT2D eigenvalue weighted by molar-refractivity contribution is 7.92. The molecule has 0 unspecified atom stereocenters. The third-order valence-corrected chi connectivity index (χ3v) is 6.20. The first-order valence-electron chi connectivity index (χ1n) is 9.90. The topological polar surface area (TPSA) is 137 Å². The zero-order valence-corrected chi connectivity index (χ0v) is 20.8. The number of sulfonamides is 1. The minimum atomic E-state index is -5.08. The maximum absolute atomic E-state index is 12.6. The van der Waals surface area contributed by atoms with Gasteiger partial charge in [0.15, 0.2) is 0 Å². The Labute approximate surface area is 209 Å². The van der Waals surface area contributed by atoms with E-state index in [4.69, 9.17) is 33.1 Å². The number of alkyl halides is 3. The van der Waals surface area contributed by atoms with E-state index in [1.807, 2.05) is 18.7 Å². The number of pyridine rings is 1. The van der Waals surface area contributed by atoms with Gasteiger partial charge >= 0.3 is 18.1 Å². The number of nitrogens with zero attached hydrogens (tertiary/aromatic N) is 2. The average Bonchev–Trinajstić information content (AvgIpc) is 2.75. The number of hydrogen-bond donors (Lipinski definition) is 3. The Balaban J connectivity index is 0.000000762. The van der Waals surface area contributed by atoms with Crippen molar-refractivity contribution in [3.05, 3.63) is 46.1 Å². The number of nitrogens with one attached hydrogen (secondary N) is 1. The number of benzene rings is 1. The first-order valence-corrected chi connectivity index (χ1v) is 12.1. The summed E-state index contributed by atoms with van der Waals surface area (Å²) in [7, 11) is -3.99. The summed E-state index contributed by atoms with van der Waals surface area (Å²) in [6.07, 6.45) is -2.13. The molecule has 3 N–H and O–H groups in total. The smallest absolute Gasteiger partial charge is 0.478 e. The lowest BCUT2D eigenvalue weighted by Gasteiger charge is -2.24. The van der Waals surface area contributed by atoms with Crippen molar-refractivity contribution < 1.29 is 41.4 Å². The van der Waals surface area contributed by atoms with Gasteiger partial charge in [0.25, 0.3) is 10.0 Å². The van der Waals surface area contributed by atoms with Gasteiger partial charge in [0.05, 0.1) is 26.8 Å². The zero-order valence-electron chi connectivity index (χ0n) is 18.4. The Morgan fingerprint density at radius 2 is 1.60 bits per heavy atom. The van der Waals surface area contributed by atoms with Crippen molar-refractivity contribution in [2.75, 3.05) is 22.7 Å². The molecule has 1 aromatic heterocycles. The Morgan fingerprint density at radius 1 is 1.06 bits per heavy atom. The molecule has 2 rings (SSSR count). The van der Waals surface area contributed by atoms with E-state index in [0.717, 1.165) is 12.8 Å². The molecule has 15 heteroatoms. The van der Waals surface area contributed by atoms with E-state index in [0.29, 0.717) is 18.9 Å². The first-order chi connectivity index (χ1) is 16.1. The van der Waals surface area contributed by atoms with Gasteiger partial charge in [0, 0.05) is 13.1 Å². The van der Waals surface area contributed by atoms with Gasteiger partial charge in [0.1, 0.15) is 11.4 Å². The fourth-order valence-electron chi connectivity index (χ4n) is 2.64. The average molecular weight is 560 g/mol. The van der Waals surface area contributed by atoms with E-state index >= 15 is 0 Å². The van der Waals surface area contributed by atoms with E-state index in [2.05, 4.69) is 9.71 Å². The molecule has 0 radical (unpaired) electrons. The van der Waals surface area contributed by atoms with Crippen LogP contribution in [0.3, 0.4) is 0 Å². The first kappa shape index (κ1) is 30.3. The Hall–Kier alpha value is -2.77. The Bertz CT molecular complexity index is 1160. The molecule has 0 aliphatic carbocycles. The van der Waals surface area contributed by atoms with Crippen LogP contribution in [0.5, 0.6) is 0 Å². The van der Waals surface area contributed by atoms with Crippen molar-refractivity contribution in [3.8, 4) is 0 Å². The van der Waals surface area contributed by atoms with Crippen molar-refractivity contribution in [2.24, 2.45) is 0 Å². The summed E-state index contributed by atoms with van der Waals surface area (Å²) in [5.74, 6) is -3.63. The number of carboxylic acid groups (broad SMARTS) is 2. The van der Waals surface area contributed by atoms with E-state index in [9.17, 15) is 31.5 Å². The molecule has 0 saturated heterocycles. The Morgan fingerprint density at radius 3 is 2.03 bits per heavy atom. The number of anilines is 2. The van der Waals surface area contributed by atoms with Crippen LogP contribution in [0.2, 0.25) is 10.0 Å². The molecule has 0 spiro atoms. The van der Waals surface area contributed by atoms with Gasteiger partial charge in [-0.25, -0.2) is 23.0 Å². The molecule has 0 fully saturated rings. The highest BCUT2D eigenvalue weighted by Gasteiger charge is 2.38. The second kappa shape index (κ2) is 12.8. The van der Waals surface area contributed by atoms with Crippen LogP contribution in [0, 0.1) is 0 Å². The van der Waals surface area contributed by atoms with Crippen LogP contribution in [0.4, 0.5) is 24.7 Å². The van der Waals surface area contributed by atoms with Crippen molar-refractivity contribution >= 4 is 56.7 Å². The molecule has 2 aromatic rings. The van der Waals surface area contributed by atoms with Crippen LogP contribution in [-0.2, 0) is 14.8 Å². The van der Waals surface area contributed by atoms with Crippen LogP contribution in [-0.4, -0.2) is 54.8 Å². The fraction of sp³-hybridized carbons (Fsp3) is 0.350. The highest BCUT2D eigenvalue weighted by Crippen LogP contribution is 2.27. The molecular weight excluding hydrogens is 538 g/mol. The minimum absolute atomic E-state index is 0.0418. The van der Waals surface area contributed by atoms with Gasteiger partial charge in [-0.1, -0.05) is 37.0 Å². The van der Waals surface area contributed by atoms with Crippen molar-refractivity contribution in [3.63, 3.8) is 0 Å². The highest BCUT2D eigenvalue weighted by atomic mass is 35.5. The number of carbonyl (C=O) groups is 2. The van der Waals surface area contributed by atoms with E-state index in [-0.39, 0.29) is 26.2 Å². The number of aromatic carboxylic acids is 1. The largest absolute Gasteiger partial charge is 0.490 e.